The lowest BCUT2D eigenvalue weighted by Gasteiger charge is -2.39. The molecule has 14 nitrogen and oxygen atoms in total. The van der Waals surface area contributed by atoms with Crippen LogP contribution in [-0.2, 0) is 25.6 Å². The van der Waals surface area contributed by atoms with Crippen LogP contribution in [0.25, 0.3) is 11.5 Å². The lowest BCUT2D eigenvalue weighted by Crippen LogP contribution is -2.60. The van der Waals surface area contributed by atoms with E-state index in [2.05, 4.69) is 9.72 Å². The molecule has 16 heteroatoms. The molecule has 2 fully saturated rings. The number of oxazole rings is 1. The number of hydrogen-bond donors (Lipinski definition) is 2. The van der Waals surface area contributed by atoms with Crippen LogP contribution in [0.5, 0.6) is 11.5 Å². The molecule has 242 valence electrons. The van der Waals surface area contributed by atoms with Gasteiger partial charge < -0.3 is 44.6 Å². The van der Waals surface area contributed by atoms with Crippen molar-refractivity contribution in [1.82, 2.24) is 19.7 Å². The van der Waals surface area contributed by atoms with Crippen LogP contribution < -0.4 is 20.9 Å². The van der Waals surface area contributed by atoms with Crippen molar-refractivity contribution in [3.63, 3.8) is 0 Å². The van der Waals surface area contributed by atoms with E-state index in [-0.39, 0.29) is 67.7 Å². The Balaban J connectivity index is 1.47. The molecule has 2 saturated heterocycles. The van der Waals surface area contributed by atoms with E-state index in [4.69, 9.17) is 30.1 Å². The van der Waals surface area contributed by atoms with Gasteiger partial charge in [0.15, 0.2) is 23.0 Å². The fraction of sp³-hybridized carbons (Fsp3) is 0.571. The molecule has 2 aromatic rings. The lowest BCUT2D eigenvalue weighted by atomic mass is 10.1. The number of halogens is 2. The molecule has 1 unspecified atom stereocenters. The minimum atomic E-state index is -3.09. The van der Waals surface area contributed by atoms with Crippen molar-refractivity contribution >= 4 is 17.7 Å². The van der Waals surface area contributed by atoms with Crippen molar-refractivity contribution in [2.24, 2.45) is 11.5 Å². The van der Waals surface area contributed by atoms with Crippen LogP contribution in [0.2, 0.25) is 0 Å². The smallest absolute Gasteiger partial charge is 0.387 e. The largest absolute Gasteiger partial charge is 0.490 e. The topological polar surface area (TPSA) is 176 Å². The normalized spacial score (nSPS) is 17.6. The summed E-state index contributed by atoms with van der Waals surface area (Å²) >= 11 is 0. The Morgan fingerprint density at radius 3 is 2.57 bits per heavy atom. The minimum absolute atomic E-state index is 0.00531. The second kappa shape index (κ2) is 15.7. The van der Waals surface area contributed by atoms with Crippen LogP contribution in [0, 0.1) is 0 Å². The number of carbonyl (C=O) groups is 3. The Labute approximate surface area is 253 Å². The Hall–Kier alpha value is -3.86. The SMILES string of the molecule is COCN1CCN(C(=O)c2nc(-c3ccc(OC(F)F)c(OCCCCC(=O)N4CCOCC4)c3)oc2CN)C(C(N)=O)C1. The monoisotopic (exact) mass is 624 g/mol. The van der Waals surface area contributed by atoms with E-state index in [0.717, 1.165) is 0 Å². The van der Waals surface area contributed by atoms with Crippen LogP contribution in [-0.4, -0.2) is 116 Å². The summed E-state index contributed by atoms with van der Waals surface area (Å²) in [6, 6.07) is 3.20. The number of unbranched alkanes of at least 4 members (excludes halogenated alkanes) is 1. The van der Waals surface area contributed by atoms with Gasteiger partial charge in [-0.25, -0.2) is 4.98 Å². The molecule has 1 aromatic heterocycles. The van der Waals surface area contributed by atoms with Gasteiger partial charge in [-0.3, -0.25) is 19.3 Å². The highest BCUT2D eigenvalue weighted by Gasteiger charge is 2.37. The summed E-state index contributed by atoms with van der Waals surface area (Å²) in [4.78, 5) is 47.4. The van der Waals surface area contributed by atoms with E-state index < -0.39 is 24.5 Å². The van der Waals surface area contributed by atoms with Gasteiger partial charge in [-0.2, -0.15) is 8.78 Å². The maximum absolute atomic E-state index is 13.5. The number of nitrogens with two attached hydrogens (primary N) is 2. The first kappa shape index (κ1) is 33.0. The van der Waals surface area contributed by atoms with Crippen molar-refractivity contribution in [1.29, 1.82) is 0 Å². The number of nitrogens with zero attached hydrogens (tertiary/aromatic N) is 4. The predicted molar refractivity (Wildman–Crippen MR) is 151 cm³/mol. The molecule has 0 radical (unpaired) electrons. The maximum Gasteiger partial charge on any atom is 0.387 e. The molecule has 3 heterocycles. The van der Waals surface area contributed by atoms with Gasteiger partial charge in [0.25, 0.3) is 5.91 Å². The highest BCUT2D eigenvalue weighted by Crippen LogP contribution is 2.34. The zero-order chi connectivity index (χ0) is 31.6. The van der Waals surface area contributed by atoms with Crippen molar-refractivity contribution in [2.75, 3.05) is 66.4 Å². The number of benzene rings is 1. The minimum Gasteiger partial charge on any atom is -0.490 e. The summed E-state index contributed by atoms with van der Waals surface area (Å²) in [7, 11) is 1.53. The molecule has 0 bridgehead atoms. The average Bonchev–Trinajstić information content (AvgIpc) is 3.46. The van der Waals surface area contributed by atoms with E-state index in [1.807, 2.05) is 4.90 Å². The summed E-state index contributed by atoms with van der Waals surface area (Å²) in [5.41, 5.74) is 11.7. The highest BCUT2D eigenvalue weighted by atomic mass is 19.3. The molecular weight excluding hydrogens is 586 g/mol. The number of ether oxygens (including phenoxy) is 4. The number of morpholine rings is 1. The number of amides is 3. The Morgan fingerprint density at radius 2 is 1.89 bits per heavy atom. The first-order chi connectivity index (χ1) is 21.2. The fourth-order valence-corrected chi connectivity index (χ4v) is 5.02. The lowest BCUT2D eigenvalue weighted by molar-refractivity contribution is -0.135. The van der Waals surface area contributed by atoms with Gasteiger partial charge in [-0.1, -0.05) is 0 Å². The average molecular weight is 625 g/mol. The van der Waals surface area contributed by atoms with E-state index in [1.54, 1.807) is 4.90 Å². The predicted octanol–water partition coefficient (Wildman–Crippen LogP) is 1.03. The van der Waals surface area contributed by atoms with E-state index >= 15 is 0 Å². The number of primary amides is 1. The first-order valence-electron chi connectivity index (χ1n) is 14.3. The molecule has 0 spiro atoms. The van der Waals surface area contributed by atoms with Gasteiger partial charge in [-0.15, -0.1) is 0 Å². The maximum atomic E-state index is 13.5. The van der Waals surface area contributed by atoms with Crippen molar-refractivity contribution in [2.45, 2.75) is 38.5 Å². The highest BCUT2D eigenvalue weighted by molar-refractivity contribution is 5.97. The van der Waals surface area contributed by atoms with Gasteiger partial charge >= 0.3 is 6.61 Å². The quantitative estimate of drug-likeness (QED) is 0.287. The van der Waals surface area contributed by atoms with E-state index in [9.17, 15) is 23.2 Å². The van der Waals surface area contributed by atoms with Crippen molar-refractivity contribution in [3.8, 4) is 23.0 Å². The number of methoxy groups -OCH3 is 1. The van der Waals surface area contributed by atoms with Crippen LogP contribution >= 0.6 is 0 Å². The summed E-state index contributed by atoms with van der Waals surface area (Å²) in [5.74, 6) is -1.36. The van der Waals surface area contributed by atoms with E-state index in [0.29, 0.717) is 57.7 Å². The number of alkyl halides is 2. The number of rotatable bonds is 14. The van der Waals surface area contributed by atoms with Crippen molar-refractivity contribution < 1.29 is 46.5 Å². The van der Waals surface area contributed by atoms with Crippen LogP contribution in [0.1, 0.15) is 35.5 Å². The molecule has 1 atom stereocenters. The second-order valence-electron chi connectivity index (χ2n) is 10.2. The molecule has 3 amide bonds. The second-order valence-corrected chi connectivity index (χ2v) is 10.2. The number of carbonyl (C=O) groups excluding carboxylic acids is 3. The van der Waals surface area contributed by atoms with Gasteiger partial charge in [0.2, 0.25) is 17.7 Å². The Kier molecular flexibility index (Phi) is 11.8. The molecular formula is C28H38F2N6O8. The first-order valence-corrected chi connectivity index (χ1v) is 14.3. The third kappa shape index (κ3) is 8.40. The molecule has 4 N–H and O–H groups in total. The molecule has 0 saturated carbocycles. The summed E-state index contributed by atoms with van der Waals surface area (Å²) < 4.78 is 52.8. The van der Waals surface area contributed by atoms with Crippen LogP contribution in [0.4, 0.5) is 8.78 Å². The van der Waals surface area contributed by atoms with Gasteiger partial charge in [0, 0.05) is 51.8 Å². The number of aromatic nitrogens is 1. The Morgan fingerprint density at radius 1 is 1.11 bits per heavy atom. The third-order valence-corrected chi connectivity index (χ3v) is 7.26. The molecule has 2 aliphatic rings. The zero-order valence-electron chi connectivity index (χ0n) is 24.5. The zero-order valence-corrected chi connectivity index (χ0v) is 24.5. The molecule has 0 aliphatic carbocycles. The summed E-state index contributed by atoms with van der Waals surface area (Å²) in [5, 5.41) is 0. The standard InChI is InChI=1S/C28H38F2N6O8/c1-40-17-34-7-8-36(19(16-34)25(32)38)27(39)24-22(15-31)43-26(33-24)18-5-6-20(44-28(29)30)21(14-18)42-11-3-2-4-23(37)35-9-12-41-13-10-35/h5-6,14,19,28H,2-4,7-13,15-17,31H2,1H3,(H2,32,38). The van der Waals surface area contributed by atoms with Crippen LogP contribution in [0.3, 0.4) is 0 Å². The van der Waals surface area contributed by atoms with Gasteiger partial charge in [-0.05, 0) is 31.0 Å². The molecule has 44 heavy (non-hydrogen) atoms. The fourth-order valence-electron chi connectivity index (χ4n) is 5.02. The molecule has 4 rings (SSSR count). The summed E-state index contributed by atoms with van der Waals surface area (Å²) in [6.07, 6.45) is 1.36. The third-order valence-electron chi connectivity index (χ3n) is 7.26. The summed E-state index contributed by atoms with van der Waals surface area (Å²) in [6.45, 7) is 0.131. The van der Waals surface area contributed by atoms with Crippen molar-refractivity contribution in [3.05, 3.63) is 29.7 Å². The molecule has 2 aliphatic heterocycles. The van der Waals surface area contributed by atoms with E-state index in [1.165, 1.54) is 30.2 Å². The Bertz CT molecular complexity index is 1290. The number of piperazine rings is 1. The number of hydrogen-bond acceptors (Lipinski definition) is 11. The van der Waals surface area contributed by atoms with Gasteiger partial charge in [0.05, 0.1) is 33.1 Å². The van der Waals surface area contributed by atoms with Crippen LogP contribution in [0.15, 0.2) is 22.6 Å². The molecule has 1 aromatic carbocycles. The van der Waals surface area contributed by atoms with Gasteiger partial charge in [0.1, 0.15) is 6.04 Å².